The largest absolute Gasteiger partial charge is 0.355 e. The Morgan fingerprint density at radius 1 is 1.35 bits per heavy atom. The van der Waals surface area contributed by atoms with E-state index in [1.165, 1.54) is 18.6 Å². The van der Waals surface area contributed by atoms with Gasteiger partial charge in [0, 0.05) is 37.5 Å². The van der Waals surface area contributed by atoms with Crippen LogP contribution >= 0.6 is 11.8 Å². The first-order chi connectivity index (χ1) is 11.2. The summed E-state index contributed by atoms with van der Waals surface area (Å²) < 4.78 is 0. The molecule has 1 aromatic rings. The first-order valence-electron chi connectivity index (χ1n) is 8.16. The molecule has 1 unspecified atom stereocenters. The quantitative estimate of drug-likeness (QED) is 0.550. The number of carbonyl (C=O) groups excluding carboxylic acids is 1. The molecule has 1 aromatic carbocycles. The van der Waals surface area contributed by atoms with Crippen LogP contribution in [0.15, 0.2) is 29.3 Å². The summed E-state index contributed by atoms with van der Waals surface area (Å²) in [5.74, 6) is 2.04. The Kier molecular flexibility index (Phi) is 7.26. The van der Waals surface area contributed by atoms with Crippen LogP contribution in [-0.2, 0) is 6.54 Å². The van der Waals surface area contributed by atoms with Gasteiger partial charge in [0.2, 0.25) is 0 Å². The molecule has 1 aliphatic rings. The number of hydrogen-bond donors (Lipinski definition) is 3. The highest BCUT2D eigenvalue weighted by Crippen LogP contribution is 2.25. The van der Waals surface area contributed by atoms with E-state index < -0.39 is 0 Å². The smallest absolute Gasteiger partial charge is 0.251 e. The molecule has 1 fully saturated rings. The predicted octanol–water partition coefficient (Wildman–Crippen LogP) is 2.00. The van der Waals surface area contributed by atoms with E-state index in [9.17, 15) is 4.79 Å². The van der Waals surface area contributed by atoms with Crippen LogP contribution in [0, 0.1) is 0 Å². The van der Waals surface area contributed by atoms with Gasteiger partial charge in [0.25, 0.3) is 5.91 Å². The van der Waals surface area contributed by atoms with Crippen LogP contribution in [-0.4, -0.2) is 43.0 Å². The minimum atomic E-state index is -0.0323. The number of carbonyl (C=O) groups is 1. The Morgan fingerprint density at radius 2 is 2.22 bits per heavy atom. The second kappa shape index (κ2) is 9.45. The van der Waals surface area contributed by atoms with Crippen LogP contribution in [0.3, 0.4) is 0 Å². The van der Waals surface area contributed by atoms with Crippen molar-refractivity contribution in [2.75, 3.05) is 25.9 Å². The van der Waals surface area contributed by atoms with E-state index >= 15 is 0 Å². The average Bonchev–Trinajstić information content (AvgIpc) is 3.09. The molecule has 126 valence electrons. The minimum absolute atomic E-state index is 0.0323. The van der Waals surface area contributed by atoms with E-state index in [2.05, 4.69) is 20.9 Å². The van der Waals surface area contributed by atoms with Gasteiger partial charge in [-0.3, -0.25) is 9.79 Å². The maximum absolute atomic E-state index is 11.9. The molecule has 0 aromatic heterocycles. The summed E-state index contributed by atoms with van der Waals surface area (Å²) >= 11 is 2.03. The third kappa shape index (κ3) is 5.78. The molecule has 1 amide bonds. The third-order valence-corrected chi connectivity index (χ3v) is 5.13. The highest BCUT2D eigenvalue weighted by molar-refractivity contribution is 8.00. The number of thioether (sulfide) groups is 1. The molecule has 2 rings (SSSR count). The molecule has 1 heterocycles. The third-order valence-electron chi connectivity index (χ3n) is 3.73. The minimum Gasteiger partial charge on any atom is -0.355 e. The Bertz CT molecular complexity index is 541. The Balaban J connectivity index is 1.83. The number of hydrogen-bond acceptors (Lipinski definition) is 3. The van der Waals surface area contributed by atoms with E-state index in [0.717, 1.165) is 18.1 Å². The molecule has 3 N–H and O–H groups in total. The van der Waals surface area contributed by atoms with Crippen molar-refractivity contribution in [3.63, 3.8) is 0 Å². The zero-order valence-corrected chi connectivity index (χ0v) is 14.7. The van der Waals surface area contributed by atoms with Gasteiger partial charge in [-0.25, -0.2) is 0 Å². The highest BCUT2D eigenvalue weighted by Gasteiger charge is 2.15. The van der Waals surface area contributed by atoms with Crippen molar-refractivity contribution < 1.29 is 4.79 Å². The molecule has 0 spiro atoms. The second-order valence-electron chi connectivity index (χ2n) is 5.50. The van der Waals surface area contributed by atoms with Gasteiger partial charge in [0.1, 0.15) is 0 Å². The fourth-order valence-corrected chi connectivity index (χ4v) is 3.71. The van der Waals surface area contributed by atoms with Gasteiger partial charge in [-0.1, -0.05) is 12.1 Å². The zero-order chi connectivity index (χ0) is 16.5. The molecule has 23 heavy (non-hydrogen) atoms. The maximum atomic E-state index is 11.9. The lowest BCUT2D eigenvalue weighted by atomic mass is 10.1. The highest BCUT2D eigenvalue weighted by atomic mass is 32.2. The molecule has 0 saturated carbocycles. The van der Waals surface area contributed by atoms with Crippen molar-refractivity contribution in [2.24, 2.45) is 4.99 Å². The van der Waals surface area contributed by atoms with Crippen LogP contribution in [0.2, 0.25) is 0 Å². The second-order valence-corrected chi connectivity index (χ2v) is 6.91. The molecule has 0 bridgehead atoms. The SMILES string of the molecule is CCNC(=O)c1cccc(CNC(=NC)NCC2CCCS2)c1. The van der Waals surface area contributed by atoms with E-state index in [-0.39, 0.29) is 5.91 Å². The molecule has 1 saturated heterocycles. The summed E-state index contributed by atoms with van der Waals surface area (Å²) in [7, 11) is 1.78. The topological polar surface area (TPSA) is 65.5 Å². The summed E-state index contributed by atoms with van der Waals surface area (Å²) in [5.41, 5.74) is 1.75. The van der Waals surface area contributed by atoms with Gasteiger partial charge in [-0.05, 0) is 43.2 Å². The maximum Gasteiger partial charge on any atom is 0.251 e. The lowest BCUT2D eigenvalue weighted by Crippen LogP contribution is -2.39. The normalized spacial score (nSPS) is 17.8. The summed E-state index contributed by atoms with van der Waals surface area (Å²) in [6.07, 6.45) is 2.60. The predicted molar refractivity (Wildman–Crippen MR) is 98.1 cm³/mol. The summed E-state index contributed by atoms with van der Waals surface area (Å²) in [4.78, 5) is 16.1. The van der Waals surface area contributed by atoms with Crippen LogP contribution < -0.4 is 16.0 Å². The summed E-state index contributed by atoms with van der Waals surface area (Å²) in [6, 6.07) is 7.67. The van der Waals surface area contributed by atoms with Gasteiger partial charge >= 0.3 is 0 Å². The molecule has 6 heteroatoms. The summed E-state index contributed by atoms with van der Waals surface area (Å²) in [5, 5.41) is 10.2. The van der Waals surface area contributed by atoms with Gasteiger partial charge in [-0.15, -0.1) is 0 Å². The molecular formula is C17H26N4OS. The fourth-order valence-electron chi connectivity index (χ4n) is 2.51. The lowest BCUT2D eigenvalue weighted by molar-refractivity contribution is 0.0955. The van der Waals surface area contributed by atoms with E-state index in [0.29, 0.717) is 23.9 Å². The van der Waals surface area contributed by atoms with Gasteiger partial charge < -0.3 is 16.0 Å². The van der Waals surface area contributed by atoms with Crippen LogP contribution in [0.25, 0.3) is 0 Å². The number of aliphatic imine (C=N–C) groups is 1. The number of benzene rings is 1. The standard InChI is InChI=1S/C17H26N4OS/c1-3-19-16(22)14-7-4-6-13(10-14)11-20-17(18-2)21-12-15-8-5-9-23-15/h4,6-7,10,15H,3,5,8-9,11-12H2,1-2H3,(H,19,22)(H2,18,20,21). The number of nitrogens with one attached hydrogen (secondary N) is 3. The molecule has 0 aliphatic carbocycles. The zero-order valence-electron chi connectivity index (χ0n) is 13.9. The Hall–Kier alpha value is -1.69. The van der Waals surface area contributed by atoms with Crippen molar-refractivity contribution in [1.82, 2.24) is 16.0 Å². The Labute approximate surface area is 142 Å². The number of nitrogens with zero attached hydrogens (tertiary/aromatic N) is 1. The van der Waals surface area contributed by atoms with E-state index in [1.807, 2.05) is 43.0 Å². The van der Waals surface area contributed by atoms with Crippen molar-refractivity contribution in [2.45, 2.75) is 31.6 Å². The van der Waals surface area contributed by atoms with Crippen molar-refractivity contribution >= 4 is 23.6 Å². The van der Waals surface area contributed by atoms with E-state index in [4.69, 9.17) is 0 Å². The van der Waals surface area contributed by atoms with Gasteiger partial charge in [0.15, 0.2) is 5.96 Å². The molecule has 1 atom stereocenters. The Morgan fingerprint density at radius 3 is 2.91 bits per heavy atom. The monoisotopic (exact) mass is 334 g/mol. The van der Waals surface area contributed by atoms with Crippen LogP contribution in [0.1, 0.15) is 35.7 Å². The molecule has 1 aliphatic heterocycles. The first-order valence-corrected chi connectivity index (χ1v) is 9.21. The van der Waals surface area contributed by atoms with Crippen molar-refractivity contribution in [1.29, 1.82) is 0 Å². The van der Waals surface area contributed by atoms with Crippen molar-refractivity contribution in [3.05, 3.63) is 35.4 Å². The molecular weight excluding hydrogens is 308 g/mol. The fraction of sp³-hybridized carbons (Fsp3) is 0.529. The van der Waals surface area contributed by atoms with Gasteiger partial charge in [0.05, 0.1) is 0 Å². The van der Waals surface area contributed by atoms with Crippen LogP contribution in [0.5, 0.6) is 0 Å². The number of rotatable bonds is 6. The number of amides is 1. The van der Waals surface area contributed by atoms with Gasteiger partial charge in [-0.2, -0.15) is 11.8 Å². The molecule has 5 nitrogen and oxygen atoms in total. The summed E-state index contributed by atoms with van der Waals surface area (Å²) in [6.45, 7) is 4.15. The lowest BCUT2D eigenvalue weighted by Gasteiger charge is -2.15. The van der Waals surface area contributed by atoms with Crippen molar-refractivity contribution in [3.8, 4) is 0 Å². The average molecular weight is 334 g/mol. The number of guanidine groups is 1. The van der Waals surface area contributed by atoms with E-state index in [1.54, 1.807) is 7.05 Å². The first kappa shape index (κ1) is 17.7. The molecule has 0 radical (unpaired) electrons. The van der Waals surface area contributed by atoms with Crippen LogP contribution in [0.4, 0.5) is 0 Å².